The Kier molecular flexibility index (Phi) is 10.2. The standard InChI is InChI=1S/C30H24O13/c1-6-24(31)40-19-11-8-16(14-22(19)37-3)29(35)42-21-13-10-18(28(33)34)26(27(21)39-5)43-30(36)17-9-12-20(23(15-17)38-4)41-25(32)7-2/h6-15H,1-2H2,3-5H3,(H,33,34). The molecule has 43 heavy (non-hydrogen) atoms. The topological polar surface area (TPSA) is 170 Å². The highest BCUT2D eigenvalue weighted by molar-refractivity contribution is 5.98. The van der Waals surface area contributed by atoms with Crippen molar-refractivity contribution in [1.29, 1.82) is 0 Å². The average Bonchev–Trinajstić information content (AvgIpc) is 3.00. The van der Waals surface area contributed by atoms with Crippen LogP contribution in [0.15, 0.2) is 73.8 Å². The number of benzene rings is 3. The zero-order valence-corrected chi connectivity index (χ0v) is 23.0. The quantitative estimate of drug-likeness (QED) is 0.182. The molecule has 0 aromatic heterocycles. The lowest BCUT2D eigenvalue weighted by Gasteiger charge is -2.16. The summed E-state index contributed by atoms with van der Waals surface area (Å²) in [5, 5.41) is 9.72. The summed E-state index contributed by atoms with van der Waals surface area (Å²) in [6.07, 6.45) is 1.89. The third kappa shape index (κ3) is 7.35. The van der Waals surface area contributed by atoms with Crippen molar-refractivity contribution in [3.05, 3.63) is 90.5 Å². The highest BCUT2D eigenvalue weighted by Crippen LogP contribution is 2.41. The van der Waals surface area contributed by atoms with Crippen LogP contribution in [-0.2, 0) is 9.59 Å². The highest BCUT2D eigenvalue weighted by atomic mass is 16.6. The molecule has 1 N–H and O–H groups in total. The first-order valence-electron chi connectivity index (χ1n) is 12.0. The maximum absolute atomic E-state index is 13.1. The second-order valence-corrected chi connectivity index (χ2v) is 8.04. The predicted octanol–water partition coefficient (Wildman–Crippen LogP) is 4.03. The number of carboxylic acid groups (broad SMARTS) is 1. The minimum Gasteiger partial charge on any atom is -0.493 e. The molecule has 0 saturated carbocycles. The summed E-state index contributed by atoms with van der Waals surface area (Å²) < 4.78 is 36.5. The molecule has 222 valence electrons. The first kappa shape index (κ1) is 31.4. The molecule has 0 unspecified atom stereocenters. The fourth-order valence-electron chi connectivity index (χ4n) is 3.46. The third-order valence-electron chi connectivity index (χ3n) is 5.46. The number of methoxy groups -OCH3 is 3. The van der Waals surface area contributed by atoms with Crippen LogP contribution in [0.25, 0.3) is 0 Å². The third-order valence-corrected chi connectivity index (χ3v) is 5.46. The van der Waals surface area contributed by atoms with Crippen molar-refractivity contribution in [3.63, 3.8) is 0 Å². The Labute approximate surface area is 244 Å². The van der Waals surface area contributed by atoms with Gasteiger partial charge in [0.05, 0.1) is 32.5 Å². The van der Waals surface area contributed by atoms with Crippen molar-refractivity contribution in [2.75, 3.05) is 21.3 Å². The minimum atomic E-state index is -1.47. The maximum atomic E-state index is 13.1. The van der Waals surface area contributed by atoms with Crippen LogP contribution in [0, 0.1) is 0 Å². The molecule has 3 rings (SSSR count). The summed E-state index contributed by atoms with van der Waals surface area (Å²) in [6.45, 7) is 6.61. The molecule has 0 radical (unpaired) electrons. The van der Waals surface area contributed by atoms with E-state index >= 15 is 0 Å². The van der Waals surface area contributed by atoms with Gasteiger partial charge in [0.15, 0.2) is 34.5 Å². The molecule has 0 bridgehead atoms. The number of aromatic carboxylic acids is 1. The van der Waals surface area contributed by atoms with Gasteiger partial charge in [-0.05, 0) is 48.5 Å². The average molecular weight is 593 g/mol. The number of hydrogen-bond donors (Lipinski definition) is 1. The summed E-state index contributed by atoms with van der Waals surface area (Å²) >= 11 is 0. The van der Waals surface area contributed by atoms with Gasteiger partial charge in [-0.25, -0.2) is 24.0 Å². The second kappa shape index (κ2) is 14.0. The lowest BCUT2D eigenvalue weighted by atomic mass is 10.1. The molecule has 0 heterocycles. The van der Waals surface area contributed by atoms with Gasteiger partial charge in [-0.2, -0.15) is 0 Å². The zero-order chi connectivity index (χ0) is 31.7. The lowest BCUT2D eigenvalue weighted by molar-refractivity contribution is -0.130. The van der Waals surface area contributed by atoms with Crippen LogP contribution in [0.5, 0.6) is 40.2 Å². The Morgan fingerprint density at radius 1 is 0.581 bits per heavy atom. The van der Waals surface area contributed by atoms with Crippen molar-refractivity contribution >= 4 is 29.8 Å². The molecule has 0 amide bonds. The van der Waals surface area contributed by atoms with Crippen LogP contribution in [0.2, 0.25) is 0 Å². The largest absolute Gasteiger partial charge is 0.493 e. The van der Waals surface area contributed by atoms with Crippen LogP contribution >= 0.6 is 0 Å². The molecule has 0 aliphatic heterocycles. The van der Waals surface area contributed by atoms with E-state index in [9.17, 15) is 29.1 Å². The number of hydrogen-bond acceptors (Lipinski definition) is 12. The number of ether oxygens (including phenoxy) is 7. The molecule has 0 spiro atoms. The predicted molar refractivity (Wildman–Crippen MR) is 148 cm³/mol. The highest BCUT2D eigenvalue weighted by Gasteiger charge is 2.26. The molecule has 3 aromatic rings. The SMILES string of the molecule is C=CC(=O)Oc1ccc(C(=O)Oc2ccc(C(=O)O)c(OC(=O)c3ccc(OC(=O)C=C)c(OC)c3)c2OC)cc1OC. The van der Waals surface area contributed by atoms with Crippen molar-refractivity contribution in [2.45, 2.75) is 0 Å². The Morgan fingerprint density at radius 3 is 1.47 bits per heavy atom. The van der Waals surface area contributed by atoms with E-state index in [0.717, 1.165) is 31.4 Å². The van der Waals surface area contributed by atoms with Crippen LogP contribution in [-0.4, -0.2) is 56.3 Å². The number of carbonyl (C=O) groups is 5. The van der Waals surface area contributed by atoms with Gasteiger partial charge < -0.3 is 38.3 Å². The molecule has 0 aliphatic rings. The lowest BCUT2D eigenvalue weighted by Crippen LogP contribution is -2.15. The summed E-state index contributed by atoms with van der Waals surface area (Å²) in [7, 11) is 3.71. The van der Waals surface area contributed by atoms with Crippen LogP contribution in [0.1, 0.15) is 31.1 Å². The molecule has 0 fully saturated rings. The summed E-state index contributed by atoms with van der Waals surface area (Å²) in [6, 6.07) is 9.74. The van der Waals surface area contributed by atoms with Crippen LogP contribution < -0.4 is 33.2 Å². The first-order valence-corrected chi connectivity index (χ1v) is 12.0. The Hall–Kier alpha value is -6.11. The number of rotatable bonds is 12. The minimum absolute atomic E-state index is 0.00143. The van der Waals surface area contributed by atoms with E-state index in [1.807, 2.05) is 0 Å². The van der Waals surface area contributed by atoms with E-state index in [2.05, 4.69) is 13.2 Å². The Balaban J connectivity index is 1.95. The van der Waals surface area contributed by atoms with Gasteiger partial charge in [0, 0.05) is 12.2 Å². The smallest absolute Gasteiger partial charge is 0.343 e. The Morgan fingerprint density at radius 2 is 1.05 bits per heavy atom. The van der Waals surface area contributed by atoms with E-state index < -0.39 is 41.2 Å². The summed E-state index contributed by atoms with van der Waals surface area (Å²) in [5.74, 6) is -6.15. The van der Waals surface area contributed by atoms with E-state index in [0.29, 0.717) is 0 Å². The first-order chi connectivity index (χ1) is 20.6. The molecule has 13 heteroatoms. The van der Waals surface area contributed by atoms with Crippen molar-refractivity contribution in [1.82, 2.24) is 0 Å². The van der Waals surface area contributed by atoms with E-state index in [1.54, 1.807) is 0 Å². The molecular formula is C30H24O13. The Bertz CT molecular complexity index is 1620. The molecule has 3 aromatic carbocycles. The van der Waals surface area contributed by atoms with Crippen molar-refractivity contribution in [2.24, 2.45) is 0 Å². The van der Waals surface area contributed by atoms with Crippen LogP contribution in [0.3, 0.4) is 0 Å². The second-order valence-electron chi connectivity index (χ2n) is 8.04. The number of esters is 4. The van der Waals surface area contributed by atoms with Crippen molar-refractivity contribution in [3.8, 4) is 40.2 Å². The number of carbonyl (C=O) groups excluding carboxylic acids is 4. The van der Waals surface area contributed by atoms with Crippen molar-refractivity contribution < 1.29 is 62.2 Å². The number of carboxylic acids is 1. The fourth-order valence-corrected chi connectivity index (χ4v) is 3.46. The molecule has 0 aliphatic carbocycles. The molecule has 13 nitrogen and oxygen atoms in total. The van der Waals surface area contributed by atoms with Gasteiger partial charge in [-0.3, -0.25) is 0 Å². The molecular weight excluding hydrogens is 568 g/mol. The summed E-state index contributed by atoms with van der Waals surface area (Å²) in [4.78, 5) is 61.1. The zero-order valence-electron chi connectivity index (χ0n) is 23.0. The normalized spacial score (nSPS) is 10.0. The fraction of sp³-hybridized carbons (Fsp3) is 0.100. The molecule has 0 atom stereocenters. The van der Waals surface area contributed by atoms with Gasteiger partial charge in [-0.15, -0.1) is 0 Å². The van der Waals surface area contributed by atoms with E-state index in [-0.39, 0.29) is 45.6 Å². The molecule has 0 saturated heterocycles. The van der Waals surface area contributed by atoms with Gasteiger partial charge >= 0.3 is 29.8 Å². The van der Waals surface area contributed by atoms with E-state index in [4.69, 9.17) is 33.2 Å². The maximum Gasteiger partial charge on any atom is 0.343 e. The monoisotopic (exact) mass is 592 g/mol. The van der Waals surface area contributed by atoms with Gasteiger partial charge in [0.2, 0.25) is 5.75 Å². The van der Waals surface area contributed by atoms with Crippen LogP contribution in [0.4, 0.5) is 0 Å². The van der Waals surface area contributed by atoms with E-state index in [1.165, 1.54) is 50.6 Å². The summed E-state index contributed by atoms with van der Waals surface area (Å²) in [5.41, 5.74) is -0.633. The van der Waals surface area contributed by atoms with Gasteiger partial charge in [0.1, 0.15) is 5.56 Å². The van der Waals surface area contributed by atoms with Gasteiger partial charge in [0.25, 0.3) is 0 Å². The van der Waals surface area contributed by atoms with Gasteiger partial charge in [-0.1, -0.05) is 13.2 Å².